The maximum atomic E-state index is 11.4. The van der Waals surface area contributed by atoms with Gasteiger partial charge in [-0.2, -0.15) is 0 Å². The van der Waals surface area contributed by atoms with Gasteiger partial charge in [0.1, 0.15) is 18.5 Å². The van der Waals surface area contributed by atoms with E-state index in [2.05, 4.69) is 4.98 Å². The number of carbonyl (C=O) groups excluding carboxylic acids is 1. The molecule has 3 rings (SSSR count). The molecule has 1 aromatic heterocycles. The van der Waals surface area contributed by atoms with Crippen LogP contribution in [0, 0.1) is 6.92 Å². The second-order valence-electron chi connectivity index (χ2n) is 5.04. The van der Waals surface area contributed by atoms with Gasteiger partial charge in [0.05, 0.1) is 5.52 Å². The number of aromatic nitrogens is 1. The largest absolute Gasteiger partial charge is 0.489 e. The number of aryl methyl sites for hydroxylation is 1. The standard InChI is InChI=1S/C15H15NO4/c1-8-5-10-6-11(20-9(2)17)7-19-15(10)12-3-4-13(18)16-14(8)12/h3-5,11H,6-7H2,1-2H3,(H,16,18). The van der Waals surface area contributed by atoms with E-state index in [1.165, 1.54) is 13.0 Å². The first kappa shape index (κ1) is 12.7. The van der Waals surface area contributed by atoms with Gasteiger partial charge in [0, 0.05) is 24.8 Å². The minimum atomic E-state index is -0.302. The van der Waals surface area contributed by atoms with Gasteiger partial charge in [-0.1, -0.05) is 6.07 Å². The first-order chi connectivity index (χ1) is 9.54. The molecule has 5 nitrogen and oxygen atoms in total. The average molecular weight is 273 g/mol. The third-order valence-corrected chi connectivity index (χ3v) is 3.43. The second kappa shape index (κ2) is 4.67. The number of esters is 1. The molecule has 1 unspecified atom stereocenters. The summed E-state index contributed by atoms with van der Waals surface area (Å²) in [5.41, 5.74) is 2.64. The van der Waals surface area contributed by atoms with Crippen molar-refractivity contribution in [2.75, 3.05) is 6.61 Å². The molecule has 1 N–H and O–H groups in total. The molecule has 0 bridgehead atoms. The Hall–Kier alpha value is -2.30. The van der Waals surface area contributed by atoms with Gasteiger partial charge in [0.2, 0.25) is 5.56 Å². The molecule has 2 aromatic rings. The van der Waals surface area contributed by atoms with Crippen LogP contribution in [0.5, 0.6) is 5.75 Å². The molecule has 2 heterocycles. The smallest absolute Gasteiger partial charge is 0.303 e. The number of aromatic amines is 1. The summed E-state index contributed by atoms with van der Waals surface area (Å²) < 4.78 is 10.9. The number of pyridine rings is 1. The van der Waals surface area contributed by atoms with Crippen LogP contribution in [0.2, 0.25) is 0 Å². The van der Waals surface area contributed by atoms with Gasteiger partial charge in [-0.15, -0.1) is 0 Å². The van der Waals surface area contributed by atoms with Crippen molar-refractivity contribution >= 4 is 16.9 Å². The van der Waals surface area contributed by atoms with E-state index in [9.17, 15) is 9.59 Å². The zero-order valence-electron chi connectivity index (χ0n) is 11.4. The van der Waals surface area contributed by atoms with Crippen molar-refractivity contribution < 1.29 is 14.3 Å². The molecule has 5 heteroatoms. The predicted octanol–water partition coefficient (Wildman–Crippen LogP) is 1.70. The third-order valence-electron chi connectivity index (χ3n) is 3.43. The molecule has 0 amide bonds. The predicted molar refractivity (Wildman–Crippen MR) is 74.1 cm³/mol. The van der Waals surface area contributed by atoms with Crippen molar-refractivity contribution in [3.63, 3.8) is 0 Å². The number of rotatable bonds is 1. The average Bonchev–Trinajstić information content (AvgIpc) is 2.38. The lowest BCUT2D eigenvalue weighted by atomic mass is 9.98. The normalized spacial score (nSPS) is 17.4. The zero-order chi connectivity index (χ0) is 14.3. The van der Waals surface area contributed by atoms with Crippen molar-refractivity contribution in [3.05, 3.63) is 39.7 Å². The van der Waals surface area contributed by atoms with E-state index < -0.39 is 0 Å². The summed E-state index contributed by atoms with van der Waals surface area (Å²) in [5.74, 6) is 0.467. The van der Waals surface area contributed by atoms with E-state index in [1.54, 1.807) is 6.07 Å². The van der Waals surface area contributed by atoms with E-state index in [4.69, 9.17) is 9.47 Å². The van der Waals surface area contributed by atoms with Crippen LogP contribution in [0.15, 0.2) is 23.0 Å². The first-order valence-corrected chi connectivity index (χ1v) is 6.50. The van der Waals surface area contributed by atoms with Crippen LogP contribution in [0.3, 0.4) is 0 Å². The maximum absolute atomic E-state index is 11.4. The molecule has 0 saturated heterocycles. The number of ether oxygens (including phenoxy) is 2. The molecular weight excluding hydrogens is 258 g/mol. The molecule has 0 saturated carbocycles. The molecule has 1 atom stereocenters. The summed E-state index contributed by atoms with van der Waals surface area (Å²) in [4.78, 5) is 25.3. The molecule has 20 heavy (non-hydrogen) atoms. The van der Waals surface area contributed by atoms with Crippen LogP contribution in [0.1, 0.15) is 18.1 Å². The van der Waals surface area contributed by atoms with E-state index in [0.29, 0.717) is 13.0 Å². The number of carbonyl (C=O) groups is 1. The summed E-state index contributed by atoms with van der Waals surface area (Å²) in [5, 5.41) is 0.890. The summed E-state index contributed by atoms with van der Waals surface area (Å²) >= 11 is 0. The van der Waals surface area contributed by atoms with Crippen LogP contribution in [0.4, 0.5) is 0 Å². The van der Waals surface area contributed by atoms with E-state index >= 15 is 0 Å². The fourth-order valence-electron chi connectivity index (χ4n) is 2.66. The van der Waals surface area contributed by atoms with Crippen LogP contribution >= 0.6 is 0 Å². The lowest BCUT2D eigenvalue weighted by Crippen LogP contribution is -2.30. The minimum absolute atomic E-state index is 0.130. The fourth-order valence-corrected chi connectivity index (χ4v) is 2.66. The van der Waals surface area contributed by atoms with E-state index in [1.807, 2.05) is 13.0 Å². The van der Waals surface area contributed by atoms with Gasteiger partial charge < -0.3 is 14.5 Å². The Labute approximate surface area is 115 Å². The Morgan fingerprint density at radius 2 is 2.25 bits per heavy atom. The van der Waals surface area contributed by atoms with Crippen LogP contribution in [-0.2, 0) is 16.0 Å². The Bertz CT molecular complexity index is 747. The van der Waals surface area contributed by atoms with Gasteiger partial charge in [-0.05, 0) is 24.1 Å². The lowest BCUT2D eigenvalue weighted by Gasteiger charge is -2.26. The van der Waals surface area contributed by atoms with Gasteiger partial charge in [0.15, 0.2) is 0 Å². The molecule has 0 radical (unpaired) electrons. The van der Waals surface area contributed by atoms with Crippen LogP contribution < -0.4 is 10.3 Å². The summed E-state index contributed by atoms with van der Waals surface area (Å²) in [6.07, 6.45) is 0.379. The Morgan fingerprint density at radius 3 is 3.00 bits per heavy atom. The highest BCUT2D eigenvalue weighted by Crippen LogP contribution is 2.34. The summed E-state index contributed by atoms with van der Waals surface area (Å²) in [6, 6.07) is 5.24. The van der Waals surface area contributed by atoms with E-state index in [-0.39, 0.29) is 17.6 Å². The topological polar surface area (TPSA) is 68.4 Å². The molecule has 0 aliphatic carbocycles. The van der Waals surface area contributed by atoms with Gasteiger partial charge in [0.25, 0.3) is 0 Å². The Morgan fingerprint density at radius 1 is 1.45 bits per heavy atom. The monoisotopic (exact) mass is 273 g/mol. The molecule has 1 aliphatic rings. The minimum Gasteiger partial charge on any atom is -0.489 e. The second-order valence-corrected chi connectivity index (χ2v) is 5.04. The summed E-state index contributed by atoms with van der Waals surface area (Å²) in [6.45, 7) is 3.67. The molecule has 1 aromatic carbocycles. The van der Waals surface area contributed by atoms with Gasteiger partial charge in [-0.25, -0.2) is 0 Å². The number of benzene rings is 1. The van der Waals surface area contributed by atoms with Crippen LogP contribution in [-0.4, -0.2) is 23.7 Å². The van der Waals surface area contributed by atoms with Crippen molar-refractivity contribution in [1.29, 1.82) is 0 Å². The van der Waals surface area contributed by atoms with Gasteiger partial charge >= 0.3 is 5.97 Å². The highest BCUT2D eigenvalue weighted by Gasteiger charge is 2.24. The number of hydrogen-bond donors (Lipinski definition) is 1. The van der Waals surface area contributed by atoms with Gasteiger partial charge in [-0.3, -0.25) is 9.59 Å². The highest BCUT2D eigenvalue weighted by atomic mass is 16.6. The van der Waals surface area contributed by atoms with Crippen molar-refractivity contribution in [2.45, 2.75) is 26.4 Å². The number of fused-ring (bicyclic) bond motifs is 3. The van der Waals surface area contributed by atoms with Crippen molar-refractivity contribution in [2.24, 2.45) is 0 Å². The third kappa shape index (κ3) is 2.15. The lowest BCUT2D eigenvalue weighted by molar-refractivity contribution is -0.148. The molecule has 0 fully saturated rings. The SMILES string of the molecule is CC(=O)OC1COc2c(cc(C)c3[nH]c(=O)ccc23)C1. The molecule has 1 aliphatic heterocycles. The molecule has 0 spiro atoms. The van der Waals surface area contributed by atoms with E-state index in [0.717, 1.165) is 27.8 Å². The fraction of sp³-hybridized carbons (Fsp3) is 0.333. The summed E-state index contributed by atoms with van der Waals surface area (Å²) in [7, 11) is 0. The molecule has 104 valence electrons. The highest BCUT2D eigenvalue weighted by molar-refractivity contribution is 5.89. The quantitative estimate of drug-likeness (QED) is 0.803. The number of H-pyrrole nitrogens is 1. The molecular formula is C15H15NO4. The Balaban J connectivity index is 2.08. The number of nitrogens with one attached hydrogen (secondary N) is 1. The van der Waals surface area contributed by atoms with Crippen molar-refractivity contribution in [3.8, 4) is 5.75 Å². The maximum Gasteiger partial charge on any atom is 0.303 e. The first-order valence-electron chi connectivity index (χ1n) is 6.50. The van der Waals surface area contributed by atoms with Crippen LogP contribution in [0.25, 0.3) is 10.9 Å². The van der Waals surface area contributed by atoms with Crippen molar-refractivity contribution in [1.82, 2.24) is 4.98 Å². The number of hydrogen-bond acceptors (Lipinski definition) is 4. The zero-order valence-corrected chi connectivity index (χ0v) is 11.4. The Kier molecular flexibility index (Phi) is 2.97.